The van der Waals surface area contributed by atoms with Gasteiger partial charge < -0.3 is 5.32 Å². The smallest absolute Gasteiger partial charge is 0.240 e. The Morgan fingerprint density at radius 3 is 2.45 bits per heavy atom. The van der Waals surface area contributed by atoms with E-state index in [1.807, 2.05) is 13.8 Å². The van der Waals surface area contributed by atoms with Crippen molar-refractivity contribution in [2.24, 2.45) is 0 Å². The summed E-state index contributed by atoms with van der Waals surface area (Å²) in [5, 5.41) is 3.32. The Hall–Kier alpha value is -0.980. The number of hydrogen-bond donors (Lipinski definition) is 1. The van der Waals surface area contributed by atoms with E-state index in [2.05, 4.69) is 5.32 Å². The molecule has 0 fully saturated rings. The van der Waals surface area contributed by atoms with Gasteiger partial charge in [0, 0.05) is 6.04 Å². The van der Waals surface area contributed by atoms with E-state index in [9.17, 15) is 13.2 Å². The highest BCUT2D eigenvalue weighted by Gasteiger charge is 2.22. The lowest BCUT2D eigenvalue weighted by molar-refractivity contribution is -0.120. The fraction of sp³-hybridized carbons (Fsp3) is 0.500. The Labute approximate surface area is 141 Å². The first-order chi connectivity index (χ1) is 10.1. The van der Waals surface area contributed by atoms with Crippen molar-refractivity contribution in [3.05, 3.63) is 28.2 Å². The van der Waals surface area contributed by atoms with Crippen LogP contribution in [0.25, 0.3) is 0 Å². The Kier molecular flexibility index (Phi) is 6.97. The molecular weight excluding hydrogens is 347 g/mol. The molecule has 1 aromatic rings. The standard InChI is InChI=1S/C14H20Cl2N2O3S/c1-4-5-10(2)17-14(19)9-18(22(3,20)21)11-6-7-12(15)13(16)8-11/h6-8,10H,4-5,9H2,1-3H3,(H,17,19)/t10-/m0/s1. The molecule has 0 bridgehead atoms. The van der Waals surface area contributed by atoms with Crippen LogP contribution in [-0.4, -0.2) is 33.2 Å². The summed E-state index contributed by atoms with van der Waals surface area (Å²) in [5.41, 5.74) is 0.301. The van der Waals surface area contributed by atoms with E-state index in [-0.39, 0.29) is 23.5 Å². The van der Waals surface area contributed by atoms with Gasteiger partial charge in [0.1, 0.15) is 6.54 Å². The van der Waals surface area contributed by atoms with Gasteiger partial charge in [-0.05, 0) is 31.5 Å². The highest BCUT2D eigenvalue weighted by molar-refractivity contribution is 7.92. The van der Waals surface area contributed by atoms with Crippen LogP contribution >= 0.6 is 23.2 Å². The summed E-state index contributed by atoms with van der Waals surface area (Å²) in [6.45, 7) is 3.59. The van der Waals surface area contributed by atoms with Gasteiger partial charge in [0.15, 0.2) is 0 Å². The summed E-state index contributed by atoms with van der Waals surface area (Å²) >= 11 is 11.7. The average molecular weight is 367 g/mol. The van der Waals surface area contributed by atoms with E-state index in [4.69, 9.17) is 23.2 Å². The lowest BCUT2D eigenvalue weighted by Crippen LogP contribution is -2.43. The molecule has 8 heteroatoms. The number of nitrogens with one attached hydrogen (secondary N) is 1. The van der Waals surface area contributed by atoms with Crippen LogP contribution in [0.2, 0.25) is 10.0 Å². The number of sulfonamides is 1. The van der Waals surface area contributed by atoms with E-state index >= 15 is 0 Å². The van der Waals surface area contributed by atoms with Gasteiger partial charge >= 0.3 is 0 Å². The maximum Gasteiger partial charge on any atom is 0.240 e. The van der Waals surface area contributed by atoms with Crippen LogP contribution in [0.15, 0.2) is 18.2 Å². The summed E-state index contributed by atoms with van der Waals surface area (Å²) < 4.78 is 24.9. The van der Waals surface area contributed by atoms with Crippen LogP contribution in [0.1, 0.15) is 26.7 Å². The number of rotatable bonds is 7. The Morgan fingerprint density at radius 2 is 1.95 bits per heavy atom. The first kappa shape index (κ1) is 19.1. The number of hydrogen-bond acceptors (Lipinski definition) is 3. The van der Waals surface area contributed by atoms with Gasteiger partial charge in [-0.25, -0.2) is 8.42 Å². The monoisotopic (exact) mass is 366 g/mol. The molecule has 0 spiro atoms. The molecule has 124 valence electrons. The number of amides is 1. The molecule has 0 radical (unpaired) electrons. The zero-order valence-corrected chi connectivity index (χ0v) is 15.1. The lowest BCUT2D eigenvalue weighted by atomic mass is 10.2. The number of carbonyl (C=O) groups excluding carboxylic acids is 1. The number of carbonyl (C=O) groups is 1. The van der Waals surface area contributed by atoms with Gasteiger partial charge in [0.05, 0.1) is 22.0 Å². The van der Waals surface area contributed by atoms with Crippen molar-refractivity contribution in [3.63, 3.8) is 0 Å². The third kappa shape index (κ3) is 5.66. The van der Waals surface area contributed by atoms with Crippen molar-refractivity contribution >= 4 is 44.8 Å². The predicted octanol–water partition coefficient (Wildman–Crippen LogP) is 3.06. The minimum Gasteiger partial charge on any atom is -0.352 e. The maximum absolute atomic E-state index is 12.0. The molecule has 1 N–H and O–H groups in total. The molecule has 0 heterocycles. The Bertz CT molecular complexity index is 635. The topological polar surface area (TPSA) is 66.5 Å². The van der Waals surface area contributed by atoms with Crippen molar-refractivity contribution in [2.45, 2.75) is 32.7 Å². The Morgan fingerprint density at radius 1 is 1.32 bits per heavy atom. The SMILES string of the molecule is CCC[C@H](C)NC(=O)CN(c1ccc(Cl)c(Cl)c1)S(C)(=O)=O. The zero-order chi connectivity index (χ0) is 16.9. The minimum absolute atomic E-state index is 0.00674. The molecule has 1 amide bonds. The molecule has 1 rings (SSSR count). The summed E-state index contributed by atoms with van der Waals surface area (Å²) in [5.74, 6) is -0.363. The first-order valence-corrected chi connectivity index (χ1v) is 9.47. The van der Waals surface area contributed by atoms with E-state index in [0.717, 1.165) is 23.4 Å². The van der Waals surface area contributed by atoms with E-state index in [1.165, 1.54) is 18.2 Å². The van der Waals surface area contributed by atoms with Crippen LogP contribution in [0, 0.1) is 0 Å². The fourth-order valence-electron chi connectivity index (χ4n) is 2.00. The summed E-state index contributed by atoms with van der Waals surface area (Å²) in [4.78, 5) is 12.0. The molecule has 5 nitrogen and oxygen atoms in total. The van der Waals surface area contributed by atoms with Gasteiger partial charge in [-0.3, -0.25) is 9.10 Å². The van der Waals surface area contributed by atoms with E-state index in [0.29, 0.717) is 10.7 Å². The lowest BCUT2D eigenvalue weighted by Gasteiger charge is -2.23. The largest absolute Gasteiger partial charge is 0.352 e. The second kappa shape index (κ2) is 8.04. The molecule has 0 saturated carbocycles. The number of benzene rings is 1. The number of halogens is 2. The van der Waals surface area contributed by atoms with Gasteiger partial charge in [-0.1, -0.05) is 36.5 Å². The average Bonchev–Trinajstić information content (AvgIpc) is 2.38. The summed E-state index contributed by atoms with van der Waals surface area (Å²) in [6.07, 6.45) is 2.81. The van der Waals surface area contributed by atoms with Crippen molar-refractivity contribution in [3.8, 4) is 0 Å². The van der Waals surface area contributed by atoms with Gasteiger partial charge in [0.25, 0.3) is 0 Å². The molecule has 0 unspecified atom stereocenters. The van der Waals surface area contributed by atoms with Crippen LogP contribution in [0.5, 0.6) is 0 Å². The highest BCUT2D eigenvalue weighted by Crippen LogP contribution is 2.28. The first-order valence-electron chi connectivity index (χ1n) is 6.87. The third-order valence-electron chi connectivity index (χ3n) is 3.01. The van der Waals surface area contributed by atoms with Gasteiger partial charge in [0.2, 0.25) is 15.9 Å². The molecule has 0 saturated heterocycles. The summed E-state index contributed by atoms with van der Waals surface area (Å²) in [6, 6.07) is 4.42. The van der Waals surface area contributed by atoms with Gasteiger partial charge in [-0.2, -0.15) is 0 Å². The molecule has 0 aliphatic rings. The van der Waals surface area contributed by atoms with Crippen molar-refractivity contribution < 1.29 is 13.2 Å². The summed E-state index contributed by atoms with van der Waals surface area (Å²) in [7, 11) is -3.62. The Balaban J connectivity index is 2.95. The quantitative estimate of drug-likeness (QED) is 0.806. The number of nitrogens with zero attached hydrogens (tertiary/aromatic N) is 1. The molecule has 22 heavy (non-hydrogen) atoms. The predicted molar refractivity (Wildman–Crippen MR) is 91.2 cm³/mol. The third-order valence-corrected chi connectivity index (χ3v) is 4.89. The van der Waals surface area contributed by atoms with Crippen LogP contribution < -0.4 is 9.62 Å². The fourth-order valence-corrected chi connectivity index (χ4v) is 3.14. The van der Waals surface area contributed by atoms with Crippen LogP contribution in [-0.2, 0) is 14.8 Å². The number of anilines is 1. The molecular formula is C14H20Cl2N2O3S. The second-order valence-electron chi connectivity index (χ2n) is 5.13. The zero-order valence-electron chi connectivity index (χ0n) is 12.8. The van der Waals surface area contributed by atoms with Crippen molar-refractivity contribution in [1.29, 1.82) is 0 Å². The maximum atomic E-state index is 12.0. The molecule has 0 aliphatic heterocycles. The van der Waals surface area contributed by atoms with Crippen LogP contribution in [0.4, 0.5) is 5.69 Å². The van der Waals surface area contributed by atoms with Crippen LogP contribution in [0.3, 0.4) is 0 Å². The van der Waals surface area contributed by atoms with E-state index < -0.39 is 10.0 Å². The minimum atomic E-state index is -3.62. The normalized spacial score (nSPS) is 12.8. The molecule has 1 atom stereocenters. The molecule has 1 aromatic carbocycles. The van der Waals surface area contributed by atoms with E-state index in [1.54, 1.807) is 0 Å². The highest BCUT2D eigenvalue weighted by atomic mass is 35.5. The van der Waals surface area contributed by atoms with Crippen molar-refractivity contribution in [2.75, 3.05) is 17.1 Å². The van der Waals surface area contributed by atoms with Crippen molar-refractivity contribution in [1.82, 2.24) is 5.32 Å². The molecule has 0 aliphatic carbocycles. The van der Waals surface area contributed by atoms with Gasteiger partial charge in [-0.15, -0.1) is 0 Å². The second-order valence-corrected chi connectivity index (χ2v) is 7.85. The molecule has 0 aromatic heterocycles.